The molecule has 2 aromatic heterocycles. The van der Waals surface area contributed by atoms with Crippen LogP contribution in [0.5, 0.6) is 0 Å². The lowest BCUT2D eigenvalue weighted by atomic mass is 10.1. The van der Waals surface area contributed by atoms with Gasteiger partial charge in [0.2, 0.25) is 0 Å². The van der Waals surface area contributed by atoms with Gasteiger partial charge in [0.05, 0.1) is 24.8 Å². The minimum Gasteiger partial charge on any atom is -0.454 e. The second-order valence-electron chi connectivity index (χ2n) is 9.05. The Bertz CT molecular complexity index is 1530. The number of furan rings is 1. The van der Waals surface area contributed by atoms with Crippen molar-refractivity contribution in [3.63, 3.8) is 0 Å². The SMILES string of the molecule is C[Si](C)(C)c1ccc(-n2c3ccccc3c3ccccc32)c2oc3ccccc3c12. The highest BCUT2D eigenvalue weighted by Crippen LogP contribution is 2.37. The van der Waals surface area contributed by atoms with Crippen LogP contribution >= 0.6 is 0 Å². The fourth-order valence-corrected chi connectivity index (χ4v) is 6.38. The first-order chi connectivity index (χ1) is 14.5. The molecule has 4 aromatic carbocycles. The van der Waals surface area contributed by atoms with E-state index in [9.17, 15) is 0 Å². The van der Waals surface area contributed by atoms with Crippen molar-refractivity contribution < 1.29 is 4.42 Å². The number of fused-ring (bicyclic) bond motifs is 6. The maximum absolute atomic E-state index is 6.54. The van der Waals surface area contributed by atoms with Crippen molar-refractivity contribution in [3.8, 4) is 5.69 Å². The Kier molecular flexibility index (Phi) is 3.57. The van der Waals surface area contributed by atoms with Crippen LogP contribution in [0.15, 0.2) is 89.3 Å². The monoisotopic (exact) mass is 405 g/mol. The lowest BCUT2D eigenvalue weighted by Gasteiger charge is -2.19. The Labute approximate surface area is 176 Å². The summed E-state index contributed by atoms with van der Waals surface area (Å²) in [6.45, 7) is 7.22. The standard InChI is InChI=1S/C27H23NOSi/c1-30(2,3)25-17-16-23(27-26(25)20-12-6-9-15-24(20)29-27)28-21-13-7-4-10-18(21)19-11-5-8-14-22(19)28/h4-17H,1-3H3. The molecule has 2 heterocycles. The largest absolute Gasteiger partial charge is 0.454 e. The number of hydrogen-bond donors (Lipinski definition) is 0. The van der Waals surface area contributed by atoms with E-state index >= 15 is 0 Å². The summed E-state index contributed by atoms with van der Waals surface area (Å²) in [5.41, 5.74) is 5.48. The van der Waals surface area contributed by atoms with E-state index in [1.807, 2.05) is 0 Å². The van der Waals surface area contributed by atoms with Crippen LogP contribution in [0.3, 0.4) is 0 Å². The molecule has 0 bridgehead atoms. The molecule has 6 aromatic rings. The summed E-state index contributed by atoms with van der Waals surface area (Å²) in [6.07, 6.45) is 0. The zero-order chi connectivity index (χ0) is 20.5. The maximum Gasteiger partial charge on any atom is 0.159 e. The molecule has 30 heavy (non-hydrogen) atoms. The van der Waals surface area contributed by atoms with Gasteiger partial charge in [-0.2, -0.15) is 0 Å². The molecule has 2 nitrogen and oxygen atoms in total. The van der Waals surface area contributed by atoms with E-state index in [1.165, 1.54) is 37.8 Å². The van der Waals surface area contributed by atoms with Crippen LogP contribution < -0.4 is 5.19 Å². The summed E-state index contributed by atoms with van der Waals surface area (Å²) in [6, 6.07) is 30.3. The van der Waals surface area contributed by atoms with Crippen LogP contribution in [-0.4, -0.2) is 12.6 Å². The minimum atomic E-state index is -1.56. The summed E-state index contributed by atoms with van der Waals surface area (Å²) < 4.78 is 8.91. The van der Waals surface area contributed by atoms with Gasteiger partial charge < -0.3 is 8.98 Å². The molecular weight excluding hydrogens is 382 g/mol. The Hall–Kier alpha value is -3.30. The Balaban J connectivity index is 1.83. The molecule has 0 aliphatic heterocycles. The van der Waals surface area contributed by atoms with Gasteiger partial charge in [0.15, 0.2) is 5.58 Å². The van der Waals surface area contributed by atoms with Gasteiger partial charge in [0.1, 0.15) is 5.58 Å². The van der Waals surface area contributed by atoms with E-state index in [2.05, 4.69) is 109 Å². The zero-order valence-electron chi connectivity index (χ0n) is 17.4. The van der Waals surface area contributed by atoms with Crippen LogP contribution in [-0.2, 0) is 0 Å². The fraction of sp³-hybridized carbons (Fsp3) is 0.111. The van der Waals surface area contributed by atoms with Crippen LogP contribution in [0.4, 0.5) is 0 Å². The van der Waals surface area contributed by atoms with E-state index in [-0.39, 0.29) is 0 Å². The fourth-order valence-electron chi connectivity index (χ4n) is 4.80. The molecule has 0 spiro atoms. The van der Waals surface area contributed by atoms with Gasteiger partial charge in [0, 0.05) is 21.5 Å². The van der Waals surface area contributed by atoms with Crippen molar-refractivity contribution >= 4 is 57.0 Å². The third-order valence-corrected chi connectivity index (χ3v) is 8.17. The quantitative estimate of drug-likeness (QED) is 0.278. The molecule has 0 aliphatic rings. The van der Waals surface area contributed by atoms with Crippen molar-refractivity contribution in [2.75, 3.05) is 0 Å². The normalized spacial score (nSPS) is 12.5. The molecule has 0 radical (unpaired) electrons. The Morgan fingerprint density at radius 3 is 1.83 bits per heavy atom. The summed E-state index contributed by atoms with van der Waals surface area (Å²) in [7, 11) is -1.56. The number of benzene rings is 4. The van der Waals surface area contributed by atoms with Gasteiger partial charge in [0.25, 0.3) is 0 Å². The first-order valence-corrected chi connectivity index (χ1v) is 14.0. The lowest BCUT2D eigenvalue weighted by molar-refractivity contribution is 0.666. The molecule has 0 saturated carbocycles. The first-order valence-electron chi connectivity index (χ1n) is 10.5. The highest BCUT2D eigenvalue weighted by Gasteiger charge is 2.25. The summed E-state index contributed by atoms with van der Waals surface area (Å²) in [4.78, 5) is 0. The molecule has 0 amide bonds. The highest BCUT2D eigenvalue weighted by atomic mass is 28.3. The van der Waals surface area contributed by atoms with Crippen molar-refractivity contribution in [3.05, 3.63) is 84.9 Å². The predicted molar refractivity (Wildman–Crippen MR) is 131 cm³/mol. The van der Waals surface area contributed by atoms with E-state index in [0.717, 1.165) is 16.9 Å². The summed E-state index contributed by atoms with van der Waals surface area (Å²) >= 11 is 0. The van der Waals surface area contributed by atoms with Crippen LogP contribution in [0, 0.1) is 0 Å². The molecule has 6 rings (SSSR count). The second kappa shape index (κ2) is 6.10. The van der Waals surface area contributed by atoms with Crippen molar-refractivity contribution in [1.29, 1.82) is 0 Å². The van der Waals surface area contributed by atoms with Gasteiger partial charge in [-0.1, -0.05) is 80.3 Å². The van der Waals surface area contributed by atoms with Gasteiger partial charge in [-0.25, -0.2) is 0 Å². The van der Waals surface area contributed by atoms with Crippen molar-refractivity contribution in [2.45, 2.75) is 19.6 Å². The Morgan fingerprint density at radius 2 is 1.20 bits per heavy atom. The smallest absolute Gasteiger partial charge is 0.159 e. The Morgan fingerprint density at radius 1 is 0.633 bits per heavy atom. The third kappa shape index (κ3) is 2.36. The van der Waals surface area contributed by atoms with Crippen LogP contribution in [0.25, 0.3) is 49.4 Å². The zero-order valence-corrected chi connectivity index (χ0v) is 18.4. The van der Waals surface area contributed by atoms with Gasteiger partial charge in [-0.05, 0) is 29.5 Å². The van der Waals surface area contributed by atoms with Crippen molar-refractivity contribution in [1.82, 2.24) is 4.57 Å². The second-order valence-corrected chi connectivity index (χ2v) is 14.1. The molecule has 0 fully saturated rings. The number of rotatable bonds is 2. The van der Waals surface area contributed by atoms with Crippen molar-refractivity contribution in [2.24, 2.45) is 0 Å². The summed E-state index contributed by atoms with van der Waals surface area (Å²) in [5, 5.41) is 6.49. The molecule has 146 valence electrons. The number of aromatic nitrogens is 1. The first kappa shape index (κ1) is 17.5. The molecular formula is C27H23NOSi. The van der Waals surface area contributed by atoms with E-state index in [0.29, 0.717) is 0 Å². The average Bonchev–Trinajstić information content (AvgIpc) is 3.29. The highest BCUT2D eigenvalue weighted by molar-refractivity contribution is 6.90. The van der Waals surface area contributed by atoms with E-state index in [4.69, 9.17) is 4.42 Å². The third-order valence-electron chi connectivity index (χ3n) is 6.13. The van der Waals surface area contributed by atoms with Gasteiger partial charge in [-0.15, -0.1) is 0 Å². The number of hydrogen-bond acceptors (Lipinski definition) is 1. The predicted octanol–water partition coefficient (Wildman–Crippen LogP) is 7.23. The number of nitrogens with zero attached hydrogens (tertiary/aromatic N) is 1. The van der Waals surface area contributed by atoms with Gasteiger partial charge >= 0.3 is 0 Å². The van der Waals surface area contributed by atoms with E-state index < -0.39 is 8.07 Å². The van der Waals surface area contributed by atoms with Crippen LogP contribution in [0.1, 0.15) is 0 Å². The van der Waals surface area contributed by atoms with Gasteiger partial charge in [-0.3, -0.25) is 0 Å². The molecule has 0 unspecified atom stereocenters. The topological polar surface area (TPSA) is 18.1 Å². The molecule has 3 heteroatoms. The summed E-state index contributed by atoms with van der Waals surface area (Å²) in [5.74, 6) is 0. The van der Waals surface area contributed by atoms with Crippen LogP contribution in [0.2, 0.25) is 19.6 Å². The molecule has 0 aliphatic carbocycles. The maximum atomic E-state index is 6.54. The lowest BCUT2D eigenvalue weighted by Crippen LogP contribution is -2.38. The molecule has 0 atom stereocenters. The number of para-hydroxylation sites is 3. The molecule has 0 N–H and O–H groups in total. The molecule has 0 saturated heterocycles. The van der Waals surface area contributed by atoms with E-state index in [1.54, 1.807) is 0 Å². The average molecular weight is 406 g/mol. The minimum absolute atomic E-state index is 0.959.